The maximum absolute atomic E-state index is 12.7. The fraction of sp³-hybridized carbons (Fsp3) is 0.720. The lowest BCUT2D eigenvalue weighted by molar-refractivity contribution is -0.00979. The predicted molar refractivity (Wildman–Crippen MR) is 117 cm³/mol. The van der Waals surface area contributed by atoms with Crippen LogP contribution in [0.1, 0.15) is 81.0 Å². The smallest absolute Gasteiger partial charge is 0.257 e. The van der Waals surface area contributed by atoms with Crippen LogP contribution in [0.4, 0.5) is 0 Å². The standard InChI is InChI=1S/C25H38N2O2/c1-26(18-20-10-6-4-3-5-7-11-20)21-14-16-25(17-15-21)19-27(2)24(28)22-12-8-9-13-23(22)29-25/h8-9,12-13,20-21H,3-7,10-11,14-19H2,1-2H3. The highest BCUT2D eigenvalue weighted by atomic mass is 16.5. The molecular formula is C25H38N2O2. The summed E-state index contributed by atoms with van der Waals surface area (Å²) in [5, 5.41) is 0. The average molecular weight is 399 g/mol. The van der Waals surface area contributed by atoms with Gasteiger partial charge in [-0.2, -0.15) is 0 Å². The molecule has 1 heterocycles. The minimum Gasteiger partial charge on any atom is -0.485 e. The molecule has 160 valence electrons. The third-order valence-electron chi connectivity index (χ3n) is 7.58. The molecule has 29 heavy (non-hydrogen) atoms. The number of rotatable bonds is 3. The fourth-order valence-electron chi connectivity index (χ4n) is 5.82. The molecule has 2 saturated carbocycles. The Bertz CT molecular complexity index is 688. The fourth-order valence-corrected chi connectivity index (χ4v) is 5.82. The van der Waals surface area contributed by atoms with E-state index < -0.39 is 0 Å². The number of fused-ring (bicyclic) bond motifs is 1. The Hall–Kier alpha value is -1.55. The molecular weight excluding hydrogens is 360 g/mol. The van der Waals surface area contributed by atoms with Crippen LogP contribution in [-0.2, 0) is 0 Å². The first-order valence-electron chi connectivity index (χ1n) is 11.8. The van der Waals surface area contributed by atoms with Gasteiger partial charge in [-0.15, -0.1) is 0 Å². The van der Waals surface area contributed by atoms with Crippen LogP contribution in [0.15, 0.2) is 24.3 Å². The van der Waals surface area contributed by atoms with Crippen LogP contribution < -0.4 is 4.74 Å². The van der Waals surface area contributed by atoms with Crippen molar-refractivity contribution in [1.82, 2.24) is 9.80 Å². The van der Waals surface area contributed by atoms with Crippen molar-refractivity contribution >= 4 is 5.91 Å². The Kier molecular flexibility index (Phi) is 6.48. The van der Waals surface area contributed by atoms with Gasteiger partial charge in [-0.1, -0.05) is 44.2 Å². The number of hydrogen-bond acceptors (Lipinski definition) is 3. The van der Waals surface area contributed by atoms with E-state index in [9.17, 15) is 4.79 Å². The molecule has 1 spiro atoms. The van der Waals surface area contributed by atoms with E-state index in [4.69, 9.17) is 4.74 Å². The van der Waals surface area contributed by atoms with Gasteiger partial charge >= 0.3 is 0 Å². The van der Waals surface area contributed by atoms with Crippen LogP contribution in [-0.4, -0.2) is 54.5 Å². The Morgan fingerprint density at radius 3 is 2.41 bits per heavy atom. The monoisotopic (exact) mass is 398 g/mol. The van der Waals surface area contributed by atoms with E-state index in [1.54, 1.807) is 0 Å². The molecule has 0 radical (unpaired) electrons. The Morgan fingerprint density at radius 2 is 1.69 bits per heavy atom. The van der Waals surface area contributed by atoms with Crippen molar-refractivity contribution in [2.24, 2.45) is 5.92 Å². The third kappa shape index (κ3) is 4.79. The molecule has 2 fully saturated rings. The molecule has 0 bridgehead atoms. The van der Waals surface area contributed by atoms with E-state index in [-0.39, 0.29) is 11.5 Å². The highest BCUT2D eigenvalue weighted by Crippen LogP contribution is 2.39. The first-order chi connectivity index (χ1) is 14.1. The summed E-state index contributed by atoms with van der Waals surface area (Å²) in [5.74, 6) is 1.73. The van der Waals surface area contributed by atoms with Crippen molar-refractivity contribution < 1.29 is 9.53 Å². The number of carbonyl (C=O) groups excluding carboxylic acids is 1. The van der Waals surface area contributed by atoms with Gasteiger partial charge in [0.25, 0.3) is 5.91 Å². The molecule has 1 amide bonds. The van der Waals surface area contributed by atoms with E-state index in [0.29, 0.717) is 18.2 Å². The van der Waals surface area contributed by atoms with Gasteiger partial charge < -0.3 is 14.5 Å². The summed E-state index contributed by atoms with van der Waals surface area (Å²) in [7, 11) is 4.25. The lowest BCUT2D eigenvalue weighted by Gasteiger charge is -2.43. The van der Waals surface area contributed by atoms with Crippen LogP contribution in [0.25, 0.3) is 0 Å². The van der Waals surface area contributed by atoms with Crippen molar-refractivity contribution in [2.75, 3.05) is 27.2 Å². The van der Waals surface area contributed by atoms with Crippen LogP contribution >= 0.6 is 0 Å². The lowest BCUT2D eigenvalue weighted by Crippen LogP contribution is -2.51. The maximum atomic E-state index is 12.7. The second-order valence-corrected chi connectivity index (χ2v) is 9.82. The average Bonchev–Trinajstić information content (AvgIpc) is 2.79. The lowest BCUT2D eigenvalue weighted by atomic mass is 9.80. The van der Waals surface area contributed by atoms with Gasteiger partial charge in [0.15, 0.2) is 0 Å². The Balaban J connectivity index is 1.37. The predicted octanol–water partition coefficient (Wildman–Crippen LogP) is 5.12. The number of nitrogens with zero attached hydrogens (tertiary/aromatic N) is 2. The summed E-state index contributed by atoms with van der Waals surface area (Å²) in [6.45, 7) is 1.94. The van der Waals surface area contributed by atoms with Gasteiger partial charge in [-0.25, -0.2) is 0 Å². The van der Waals surface area contributed by atoms with E-state index in [2.05, 4.69) is 11.9 Å². The Morgan fingerprint density at radius 1 is 1.03 bits per heavy atom. The van der Waals surface area contributed by atoms with Crippen LogP contribution in [0.5, 0.6) is 5.75 Å². The van der Waals surface area contributed by atoms with Crippen molar-refractivity contribution in [2.45, 2.75) is 82.3 Å². The number of hydrogen-bond donors (Lipinski definition) is 0. The molecule has 4 nitrogen and oxygen atoms in total. The zero-order valence-electron chi connectivity index (χ0n) is 18.4. The van der Waals surface area contributed by atoms with Gasteiger partial charge in [-0.05, 0) is 63.6 Å². The quantitative estimate of drug-likeness (QED) is 0.708. The van der Waals surface area contributed by atoms with Crippen molar-refractivity contribution in [1.29, 1.82) is 0 Å². The third-order valence-corrected chi connectivity index (χ3v) is 7.58. The number of amides is 1. The summed E-state index contributed by atoms with van der Waals surface area (Å²) in [6, 6.07) is 8.39. The number of ether oxygens (including phenoxy) is 1. The summed E-state index contributed by atoms with van der Waals surface area (Å²) < 4.78 is 6.55. The summed E-state index contributed by atoms with van der Waals surface area (Å²) >= 11 is 0. The number of benzene rings is 1. The van der Waals surface area contributed by atoms with Gasteiger partial charge in [0.05, 0.1) is 12.1 Å². The molecule has 4 heteroatoms. The summed E-state index contributed by atoms with van der Waals surface area (Å²) in [6.07, 6.45) is 14.3. The molecule has 1 aromatic carbocycles. The molecule has 0 N–H and O–H groups in total. The Labute approximate surface area is 176 Å². The summed E-state index contributed by atoms with van der Waals surface area (Å²) in [5.41, 5.74) is 0.476. The first-order valence-corrected chi connectivity index (χ1v) is 11.8. The molecule has 0 atom stereocenters. The first kappa shape index (κ1) is 20.7. The topological polar surface area (TPSA) is 32.8 Å². The highest BCUT2D eigenvalue weighted by Gasteiger charge is 2.43. The zero-order valence-corrected chi connectivity index (χ0v) is 18.4. The van der Waals surface area contributed by atoms with Gasteiger partial charge in [0, 0.05) is 19.6 Å². The van der Waals surface area contributed by atoms with Crippen LogP contribution in [0.2, 0.25) is 0 Å². The number of carbonyl (C=O) groups is 1. The molecule has 1 aliphatic heterocycles. The summed E-state index contributed by atoms with van der Waals surface area (Å²) in [4.78, 5) is 17.2. The molecule has 0 saturated heterocycles. The van der Waals surface area contributed by atoms with E-state index >= 15 is 0 Å². The second-order valence-electron chi connectivity index (χ2n) is 9.82. The highest BCUT2D eigenvalue weighted by molar-refractivity contribution is 5.97. The maximum Gasteiger partial charge on any atom is 0.257 e. The molecule has 4 rings (SSSR count). The van der Waals surface area contributed by atoms with Crippen LogP contribution in [0.3, 0.4) is 0 Å². The van der Waals surface area contributed by atoms with Crippen LogP contribution in [0, 0.1) is 5.92 Å². The van der Waals surface area contributed by atoms with Gasteiger partial charge in [0.2, 0.25) is 0 Å². The molecule has 2 aliphatic carbocycles. The SMILES string of the molecule is CN1CC2(CCC(N(C)CC3CCCCCCC3)CC2)Oc2ccccc2C1=O. The number of para-hydroxylation sites is 1. The van der Waals surface area contributed by atoms with E-state index in [1.807, 2.05) is 36.2 Å². The van der Waals surface area contributed by atoms with E-state index in [0.717, 1.165) is 37.4 Å². The van der Waals surface area contributed by atoms with E-state index in [1.165, 1.54) is 51.5 Å². The molecule has 1 aromatic rings. The molecule has 0 aromatic heterocycles. The van der Waals surface area contributed by atoms with Gasteiger partial charge in [-0.3, -0.25) is 4.79 Å². The minimum atomic E-state index is -0.228. The van der Waals surface area contributed by atoms with Crippen molar-refractivity contribution in [3.8, 4) is 5.75 Å². The molecule has 3 aliphatic rings. The van der Waals surface area contributed by atoms with Crippen molar-refractivity contribution in [3.63, 3.8) is 0 Å². The largest absolute Gasteiger partial charge is 0.485 e. The number of likely N-dealkylation sites (N-methyl/N-ethyl adjacent to an activating group) is 1. The zero-order chi connectivity index (χ0) is 20.3. The normalized spacial score (nSPS) is 29.1. The second kappa shape index (κ2) is 9.07. The minimum absolute atomic E-state index is 0.0843. The molecule has 0 unspecified atom stereocenters. The van der Waals surface area contributed by atoms with Crippen molar-refractivity contribution in [3.05, 3.63) is 29.8 Å². The van der Waals surface area contributed by atoms with Gasteiger partial charge in [0.1, 0.15) is 11.4 Å².